The lowest BCUT2D eigenvalue weighted by Crippen LogP contribution is -2.52. The van der Waals surface area contributed by atoms with Crippen LogP contribution >= 0.6 is 11.3 Å². The highest BCUT2D eigenvalue weighted by Crippen LogP contribution is 2.29. The molecule has 1 fully saturated rings. The molecule has 2 atom stereocenters. The van der Waals surface area contributed by atoms with Crippen LogP contribution in [0.15, 0.2) is 10.4 Å². The van der Waals surface area contributed by atoms with Gasteiger partial charge in [0.1, 0.15) is 0 Å². The second-order valence-electron chi connectivity index (χ2n) is 5.22. The van der Waals surface area contributed by atoms with E-state index in [1.165, 1.54) is 17.5 Å². The van der Waals surface area contributed by atoms with Crippen LogP contribution in [0.5, 0.6) is 0 Å². The van der Waals surface area contributed by atoms with Crippen molar-refractivity contribution < 1.29 is 8.42 Å². The van der Waals surface area contributed by atoms with Gasteiger partial charge in [0.15, 0.2) is 4.21 Å². The minimum atomic E-state index is -3.40. The zero-order valence-corrected chi connectivity index (χ0v) is 13.9. The fourth-order valence-electron chi connectivity index (χ4n) is 2.76. The molecule has 0 radical (unpaired) electrons. The summed E-state index contributed by atoms with van der Waals surface area (Å²) in [6.07, 6.45) is 4.44. The maximum absolute atomic E-state index is 12.8. The molecule has 0 aliphatic carbocycles. The number of likely N-dealkylation sites (N-methyl/N-ethyl adjacent to an activating group) is 1. The molecule has 20 heavy (non-hydrogen) atoms. The molecule has 0 saturated carbocycles. The summed E-state index contributed by atoms with van der Waals surface area (Å²) in [5, 5.41) is 4.14. The minimum absolute atomic E-state index is 0.0381. The van der Waals surface area contributed by atoms with Crippen LogP contribution in [-0.4, -0.2) is 42.9 Å². The molecule has 0 spiro atoms. The summed E-state index contributed by atoms with van der Waals surface area (Å²) >= 11 is 1.25. The Labute approximate surface area is 125 Å². The van der Waals surface area contributed by atoms with E-state index in [9.17, 15) is 8.42 Å². The van der Waals surface area contributed by atoms with Gasteiger partial charge >= 0.3 is 0 Å². The van der Waals surface area contributed by atoms with Gasteiger partial charge in [-0.1, -0.05) is 13.3 Å². The van der Waals surface area contributed by atoms with Gasteiger partial charge in [-0.25, -0.2) is 13.4 Å². The van der Waals surface area contributed by atoms with Crippen LogP contribution in [0.2, 0.25) is 0 Å². The first-order valence-electron chi connectivity index (χ1n) is 7.14. The molecule has 114 valence electrons. The highest BCUT2D eigenvalue weighted by molar-refractivity contribution is 7.91. The summed E-state index contributed by atoms with van der Waals surface area (Å²) in [5.74, 6) is 0. The lowest BCUT2D eigenvalue weighted by molar-refractivity contribution is 0.210. The van der Waals surface area contributed by atoms with Gasteiger partial charge in [0.05, 0.1) is 11.2 Å². The van der Waals surface area contributed by atoms with Crippen molar-refractivity contribution in [3.05, 3.63) is 11.2 Å². The van der Waals surface area contributed by atoms with E-state index < -0.39 is 10.0 Å². The van der Waals surface area contributed by atoms with Crippen molar-refractivity contribution in [3.8, 4) is 0 Å². The van der Waals surface area contributed by atoms with Gasteiger partial charge in [-0.05, 0) is 33.2 Å². The fourth-order valence-corrected chi connectivity index (χ4v) is 5.77. The fraction of sp³-hybridized carbons (Fsp3) is 0.769. The third-order valence-corrected chi connectivity index (χ3v) is 7.04. The van der Waals surface area contributed by atoms with E-state index in [2.05, 4.69) is 17.2 Å². The smallest absolute Gasteiger partial charge is 0.254 e. The summed E-state index contributed by atoms with van der Waals surface area (Å²) in [5.41, 5.74) is 0. The van der Waals surface area contributed by atoms with Crippen LogP contribution in [0.25, 0.3) is 0 Å². The van der Waals surface area contributed by atoms with Gasteiger partial charge in [0, 0.05) is 18.6 Å². The van der Waals surface area contributed by atoms with E-state index in [1.54, 1.807) is 4.31 Å². The predicted molar refractivity (Wildman–Crippen MR) is 81.5 cm³/mol. The van der Waals surface area contributed by atoms with Crippen molar-refractivity contribution in [2.45, 2.75) is 56.3 Å². The highest BCUT2D eigenvalue weighted by Gasteiger charge is 2.37. The molecule has 5 nitrogen and oxygen atoms in total. The minimum Gasteiger partial charge on any atom is -0.313 e. The molecule has 1 aromatic rings. The lowest BCUT2D eigenvalue weighted by atomic mass is 9.99. The van der Waals surface area contributed by atoms with Gasteiger partial charge < -0.3 is 5.32 Å². The van der Waals surface area contributed by atoms with Crippen LogP contribution in [0, 0.1) is 6.92 Å². The average molecular weight is 317 g/mol. The third kappa shape index (κ3) is 3.21. The van der Waals surface area contributed by atoms with Crippen molar-refractivity contribution >= 4 is 21.4 Å². The van der Waals surface area contributed by atoms with Crippen molar-refractivity contribution in [2.75, 3.05) is 13.1 Å². The molecule has 0 bridgehead atoms. The molecule has 1 aromatic heterocycles. The summed E-state index contributed by atoms with van der Waals surface area (Å²) < 4.78 is 27.6. The van der Waals surface area contributed by atoms with Gasteiger partial charge in [-0.3, -0.25) is 0 Å². The number of rotatable bonds is 5. The van der Waals surface area contributed by atoms with Crippen LogP contribution < -0.4 is 5.32 Å². The number of sulfonamides is 1. The molecule has 1 aliphatic heterocycles. The standard InChI is InChI=1S/C13H23N3O2S2/c1-4-14-10(2)12-7-5-6-8-16(12)20(17,18)13-9-15-11(3)19-13/h9-10,12,14H,4-8H2,1-3H3. The van der Waals surface area contributed by atoms with Gasteiger partial charge in [-0.2, -0.15) is 4.31 Å². The first-order chi connectivity index (χ1) is 9.46. The van der Waals surface area contributed by atoms with Crippen LogP contribution in [-0.2, 0) is 10.0 Å². The Morgan fingerprint density at radius 1 is 1.55 bits per heavy atom. The second-order valence-corrected chi connectivity index (χ2v) is 8.58. The van der Waals surface area contributed by atoms with E-state index in [4.69, 9.17) is 0 Å². The number of hydrogen-bond acceptors (Lipinski definition) is 5. The number of nitrogens with one attached hydrogen (secondary N) is 1. The Balaban J connectivity index is 2.27. The van der Waals surface area contributed by atoms with Crippen molar-refractivity contribution in [1.29, 1.82) is 0 Å². The first-order valence-corrected chi connectivity index (χ1v) is 9.40. The van der Waals surface area contributed by atoms with Gasteiger partial charge in [0.25, 0.3) is 10.0 Å². The SMILES string of the molecule is CCNC(C)C1CCCCN1S(=O)(=O)c1cnc(C)s1. The van der Waals surface area contributed by atoms with Crippen molar-refractivity contribution in [2.24, 2.45) is 0 Å². The number of aryl methyl sites for hydroxylation is 1. The Kier molecular flexibility index (Phi) is 5.17. The number of nitrogens with zero attached hydrogens (tertiary/aromatic N) is 2. The quantitative estimate of drug-likeness (QED) is 0.902. The number of piperidine rings is 1. The van der Waals surface area contributed by atoms with Crippen molar-refractivity contribution in [1.82, 2.24) is 14.6 Å². The molecule has 2 heterocycles. The number of thiazole rings is 1. The molecular formula is C13H23N3O2S2. The Morgan fingerprint density at radius 3 is 2.90 bits per heavy atom. The largest absolute Gasteiger partial charge is 0.313 e. The molecule has 0 aromatic carbocycles. The zero-order chi connectivity index (χ0) is 14.8. The summed E-state index contributed by atoms with van der Waals surface area (Å²) in [7, 11) is -3.40. The molecule has 7 heteroatoms. The Hall–Kier alpha value is -0.500. The van der Waals surface area contributed by atoms with Crippen molar-refractivity contribution in [3.63, 3.8) is 0 Å². The topological polar surface area (TPSA) is 62.3 Å². The molecule has 2 unspecified atom stereocenters. The predicted octanol–water partition coefficient (Wildman–Crippen LogP) is 1.99. The summed E-state index contributed by atoms with van der Waals surface area (Å²) in [6.45, 7) is 7.41. The monoisotopic (exact) mass is 317 g/mol. The lowest BCUT2D eigenvalue weighted by Gasteiger charge is -2.38. The number of aromatic nitrogens is 1. The summed E-state index contributed by atoms with van der Waals surface area (Å²) in [6, 6.07) is 0.209. The maximum atomic E-state index is 12.8. The third-order valence-electron chi connectivity index (χ3n) is 3.76. The van der Waals surface area contributed by atoms with Crippen LogP contribution in [0.1, 0.15) is 38.1 Å². The van der Waals surface area contributed by atoms with E-state index in [0.29, 0.717) is 10.8 Å². The normalized spacial score (nSPS) is 22.9. The average Bonchev–Trinajstić information content (AvgIpc) is 2.86. The highest BCUT2D eigenvalue weighted by atomic mass is 32.2. The molecular weight excluding hydrogens is 294 g/mol. The van der Waals surface area contributed by atoms with Gasteiger partial charge in [-0.15, -0.1) is 11.3 Å². The first kappa shape index (κ1) is 15.9. The second kappa shape index (κ2) is 6.51. The van der Waals surface area contributed by atoms with E-state index in [-0.39, 0.29) is 12.1 Å². The zero-order valence-electron chi connectivity index (χ0n) is 12.3. The van der Waals surface area contributed by atoms with E-state index in [1.807, 2.05) is 13.8 Å². The van der Waals surface area contributed by atoms with Crippen LogP contribution in [0.3, 0.4) is 0 Å². The molecule has 1 N–H and O–H groups in total. The van der Waals surface area contributed by atoms with E-state index in [0.717, 1.165) is 30.8 Å². The number of hydrogen-bond donors (Lipinski definition) is 1. The van der Waals surface area contributed by atoms with Gasteiger partial charge in [0.2, 0.25) is 0 Å². The van der Waals surface area contributed by atoms with Crippen LogP contribution in [0.4, 0.5) is 0 Å². The molecule has 2 rings (SSSR count). The maximum Gasteiger partial charge on any atom is 0.254 e. The Morgan fingerprint density at radius 2 is 2.30 bits per heavy atom. The van der Waals surface area contributed by atoms with E-state index >= 15 is 0 Å². The Bertz CT molecular complexity index is 542. The molecule has 0 amide bonds. The molecule has 1 aliphatic rings. The summed E-state index contributed by atoms with van der Waals surface area (Å²) in [4.78, 5) is 4.08. The molecule has 1 saturated heterocycles.